The van der Waals surface area contributed by atoms with Gasteiger partial charge in [-0.25, -0.2) is 0 Å². The van der Waals surface area contributed by atoms with Crippen LogP contribution in [0.1, 0.15) is 86.0 Å². The Labute approximate surface area is 270 Å². The maximum absolute atomic E-state index is 12.7. The third-order valence-corrected chi connectivity index (χ3v) is 13.7. The van der Waals surface area contributed by atoms with E-state index in [-0.39, 0.29) is 54.3 Å². The van der Waals surface area contributed by atoms with Crippen LogP contribution < -0.4 is 0 Å². The molecule has 0 radical (unpaired) electrons. The standard InChI is InChI=1S/C35H62O10/c1-18(2)21(36)10-9-19(3)20-15-22(37)31-33(20,4)14-12-26-34(5)13-11-24(28(39)27(34)23(38)16-35(26,31)40)45-32-30(43-8)29(42-7)25(41-6)17-44-32/h18-32,36-40H,9-17H2,1-8H3. The van der Waals surface area contributed by atoms with Crippen molar-refractivity contribution in [2.45, 2.75) is 147 Å². The van der Waals surface area contributed by atoms with Crippen LogP contribution in [0.2, 0.25) is 0 Å². The SMILES string of the molecule is COC1COC(OC2CCC3(C)C(C(O)CC4(O)C3CCC3(C)C(C(C)CCC(O)C(C)C)CC(O)C34)C2O)C(OC)C1OC. The minimum atomic E-state index is -1.25. The molecule has 0 spiro atoms. The Morgan fingerprint density at radius 1 is 0.844 bits per heavy atom. The fourth-order valence-electron chi connectivity index (χ4n) is 11.4. The van der Waals surface area contributed by atoms with Gasteiger partial charge < -0.3 is 49.2 Å². The molecule has 0 aromatic heterocycles. The van der Waals surface area contributed by atoms with Crippen molar-refractivity contribution >= 4 is 0 Å². The number of aliphatic hydroxyl groups excluding tert-OH is 4. The van der Waals surface area contributed by atoms with Crippen molar-refractivity contribution in [1.29, 1.82) is 0 Å². The third-order valence-electron chi connectivity index (χ3n) is 13.7. The Morgan fingerprint density at radius 2 is 1.51 bits per heavy atom. The topological polar surface area (TPSA) is 147 Å². The zero-order valence-electron chi connectivity index (χ0n) is 28.8. The molecule has 262 valence electrons. The van der Waals surface area contributed by atoms with Gasteiger partial charge in [-0.05, 0) is 79.4 Å². The Kier molecular flexibility index (Phi) is 10.8. The number of methoxy groups -OCH3 is 3. The first-order valence-corrected chi connectivity index (χ1v) is 17.5. The summed E-state index contributed by atoms with van der Waals surface area (Å²) in [5.74, 6) is -0.298. The van der Waals surface area contributed by atoms with Crippen molar-refractivity contribution in [2.75, 3.05) is 27.9 Å². The monoisotopic (exact) mass is 642 g/mol. The molecule has 10 heteroatoms. The van der Waals surface area contributed by atoms with Gasteiger partial charge in [-0.15, -0.1) is 0 Å². The molecule has 5 fully saturated rings. The molecule has 0 aromatic carbocycles. The molecule has 1 aliphatic heterocycles. The highest BCUT2D eigenvalue weighted by Crippen LogP contribution is 2.70. The van der Waals surface area contributed by atoms with E-state index in [1.807, 2.05) is 13.8 Å². The van der Waals surface area contributed by atoms with Gasteiger partial charge in [-0.2, -0.15) is 0 Å². The highest BCUT2D eigenvalue weighted by Gasteiger charge is 2.72. The molecule has 0 amide bonds. The Balaban J connectivity index is 1.33. The van der Waals surface area contributed by atoms with E-state index in [4.69, 9.17) is 23.7 Å². The summed E-state index contributed by atoms with van der Waals surface area (Å²) in [5.41, 5.74) is -2.06. The van der Waals surface area contributed by atoms with Gasteiger partial charge in [0.05, 0.1) is 42.7 Å². The van der Waals surface area contributed by atoms with Crippen LogP contribution in [-0.2, 0) is 23.7 Å². The number of hydrogen-bond donors (Lipinski definition) is 5. The van der Waals surface area contributed by atoms with Crippen molar-refractivity contribution in [3.05, 3.63) is 0 Å². The molecular formula is C35H62O10. The van der Waals surface area contributed by atoms with Crippen LogP contribution in [-0.4, -0.2) is 114 Å². The van der Waals surface area contributed by atoms with E-state index in [0.717, 1.165) is 25.7 Å². The Bertz CT molecular complexity index is 997. The number of ether oxygens (including phenoxy) is 5. The predicted molar refractivity (Wildman–Crippen MR) is 167 cm³/mol. The van der Waals surface area contributed by atoms with Gasteiger partial charge >= 0.3 is 0 Å². The second-order valence-corrected chi connectivity index (χ2v) is 16.2. The molecule has 10 nitrogen and oxygen atoms in total. The largest absolute Gasteiger partial charge is 0.393 e. The van der Waals surface area contributed by atoms with Crippen LogP contribution in [0.4, 0.5) is 0 Å². The molecule has 5 aliphatic rings. The van der Waals surface area contributed by atoms with Crippen molar-refractivity contribution in [2.24, 2.45) is 46.3 Å². The van der Waals surface area contributed by atoms with Crippen molar-refractivity contribution in [1.82, 2.24) is 0 Å². The molecule has 1 heterocycles. The lowest BCUT2D eigenvalue weighted by Crippen LogP contribution is -2.71. The van der Waals surface area contributed by atoms with Gasteiger partial charge in [0.1, 0.15) is 18.3 Å². The number of hydrogen-bond acceptors (Lipinski definition) is 10. The lowest BCUT2D eigenvalue weighted by atomic mass is 9.41. The Hall–Kier alpha value is -0.400. The maximum Gasteiger partial charge on any atom is 0.186 e. The molecule has 17 unspecified atom stereocenters. The molecule has 0 aromatic rings. The summed E-state index contributed by atoms with van der Waals surface area (Å²) in [7, 11) is 4.77. The highest BCUT2D eigenvalue weighted by atomic mass is 16.7. The molecule has 45 heavy (non-hydrogen) atoms. The smallest absolute Gasteiger partial charge is 0.186 e. The molecule has 17 atom stereocenters. The van der Waals surface area contributed by atoms with Crippen LogP contribution >= 0.6 is 0 Å². The van der Waals surface area contributed by atoms with E-state index in [9.17, 15) is 25.5 Å². The van der Waals surface area contributed by atoms with Crippen LogP contribution in [0.25, 0.3) is 0 Å². The quantitative estimate of drug-likeness (QED) is 0.226. The summed E-state index contributed by atoms with van der Waals surface area (Å²) in [4.78, 5) is 0. The van der Waals surface area contributed by atoms with Crippen LogP contribution in [0.15, 0.2) is 0 Å². The highest BCUT2D eigenvalue weighted by molar-refractivity contribution is 5.21. The molecule has 5 N–H and O–H groups in total. The van der Waals surface area contributed by atoms with E-state index >= 15 is 0 Å². The maximum atomic E-state index is 12.7. The molecule has 1 saturated heterocycles. The summed E-state index contributed by atoms with van der Waals surface area (Å²) in [6, 6.07) is 0. The zero-order valence-corrected chi connectivity index (χ0v) is 28.8. The number of rotatable bonds is 10. The Morgan fingerprint density at radius 3 is 2.13 bits per heavy atom. The first kappa shape index (κ1) is 35.9. The van der Waals surface area contributed by atoms with Crippen LogP contribution in [0.3, 0.4) is 0 Å². The molecule has 4 saturated carbocycles. The van der Waals surface area contributed by atoms with Crippen molar-refractivity contribution < 1.29 is 49.2 Å². The molecule has 4 aliphatic carbocycles. The van der Waals surface area contributed by atoms with E-state index in [1.165, 1.54) is 0 Å². The minimum Gasteiger partial charge on any atom is -0.393 e. The summed E-state index contributed by atoms with van der Waals surface area (Å²) in [6.45, 7) is 10.9. The second-order valence-electron chi connectivity index (χ2n) is 16.2. The van der Waals surface area contributed by atoms with Gasteiger partial charge in [-0.3, -0.25) is 0 Å². The summed E-state index contributed by atoms with van der Waals surface area (Å²) >= 11 is 0. The minimum absolute atomic E-state index is 0.119. The van der Waals surface area contributed by atoms with Gasteiger partial charge in [0.25, 0.3) is 0 Å². The summed E-state index contributed by atoms with van der Waals surface area (Å²) in [5, 5.41) is 58.5. The van der Waals surface area contributed by atoms with Crippen molar-refractivity contribution in [3.8, 4) is 0 Å². The first-order chi connectivity index (χ1) is 21.2. The fraction of sp³-hybridized carbons (Fsp3) is 1.00. The van der Waals surface area contributed by atoms with E-state index in [2.05, 4.69) is 20.8 Å². The van der Waals surface area contributed by atoms with Gasteiger partial charge in [0, 0.05) is 39.6 Å². The van der Waals surface area contributed by atoms with Crippen LogP contribution in [0.5, 0.6) is 0 Å². The van der Waals surface area contributed by atoms with E-state index in [1.54, 1.807) is 21.3 Å². The summed E-state index contributed by atoms with van der Waals surface area (Å²) in [6.07, 6.45) is -0.343. The predicted octanol–water partition coefficient (Wildman–Crippen LogP) is 2.89. The number of fused-ring (bicyclic) bond motifs is 5. The van der Waals surface area contributed by atoms with E-state index in [0.29, 0.717) is 25.2 Å². The second kappa shape index (κ2) is 13.5. The first-order valence-electron chi connectivity index (χ1n) is 17.5. The third kappa shape index (κ3) is 5.95. The number of aliphatic hydroxyl groups is 5. The summed E-state index contributed by atoms with van der Waals surface area (Å²) < 4.78 is 29.3. The zero-order chi connectivity index (χ0) is 33.1. The van der Waals surface area contributed by atoms with Gasteiger partial charge in [0.2, 0.25) is 0 Å². The van der Waals surface area contributed by atoms with E-state index < -0.39 is 59.8 Å². The average molecular weight is 643 g/mol. The van der Waals surface area contributed by atoms with Gasteiger partial charge in [0.15, 0.2) is 6.29 Å². The fourth-order valence-corrected chi connectivity index (χ4v) is 11.4. The molecule has 0 bridgehead atoms. The molecular weight excluding hydrogens is 580 g/mol. The van der Waals surface area contributed by atoms with Crippen LogP contribution in [0, 0.1) is 46.3 Å². The molecule has 5 rings (SSSR count). The normalized spacial score (nSPS) is 51.3. The van der Waals surface area contributed by atoms with Gasteiger partial charge in [-0.1, -0.05) is 34.6 Å². The average Bonchev–Trinajstić information content (AvgIpc) is 3.27. The van der Waals surface area contributed by atoms with Crippen molar-refractivity contribution in [3.63, 3.8) is 0 Å². The lowest BCUT2D eigenvalue weighted by Gasteiger charge is -2.66. The lowest BCUT2D eigenvalue weighted by molar-refractivity contribution is -0.323.